The summed E-state index contributed by atoms with van der Waals surface area (Å²) in [6, 6.07) is 9.44. The van der Waals surface area contributed by atoms with Crippen molar-refractivity contribution in [2.45, 2.75) is 0 Å². The van der Waals surface area contributed by atoms with Gasteiger partial charge in [0.25, 0.3) is 0 Å². The van der Waals surface area contributed by atoms with Gasteiger partial charge in [0.2, 0.25) is 5.88 Å². The predicted octanol–water partition coefficient (Wildman–Crippen LogP) is 2.34. The molecule has 2 aromatic rings. The highest BCUT2D eigenvalue weighted by molar-refractivity contribution is 5.88. The van der Waals surface area contributed by atoms with Gasteiger partial charge < -0.3 is 9.84 Å². The summed E-state index contributed by atoms with van der Waals surface area (Å²) in [5.74, 6) is -0.582. The van der Waals surface area contributed by atoms with Crippen molar-refractivity contribution in [3.05, 3.63) is 42.0 Å². The predicted molar refractivity (Wildman–Crippen MR) is 65.0 cm³/mol. The third kappa shape index (κ3) is 2.42. The van der Waals surface area contributed by atoms with Crippen molar-refractivity contribution >= 4 is 22.9 Å². The number of ether oxygens (including phenoxy) is 1. The van der Waals surface area contributed by atoms with Gasteiger partial charge >= 0.3 is 5.97 Å². The molecule has 0 saturated heterocycles. The maximum Gasteiger partial charge on any atom is 0.328 e. The molecule has 0 radical (unpaired) electrons. The fraction of sp³-hybridized carbons (Fsp3) is 0.0769. The molecule has 0 aliphatic rings. The highest BCUT2D eigenvalue weighted by atomic mass is 16.5. The number of carbonyl (C=O) groups is 1. The van der Waals surface area contributed by atoms with Gasteiger partial charge in [0.05, 0.1) is 12.6 Å². The Hall–Kier alpha value is -2.36. The van der Waals surface area contributed by atoms with E-state index in [9.17, 15) is 4.79 Å². The number of benzene rings is 1. The van der Waals surface area contributed by atoms with Gasteiger partial charge in [-0.15, -0.1) is 0 Å². The summed E-state index contributed by atoms with van der Waals surface area (Å²) in [5.41, 5.74) is 1.46. The standard InChI is InChI=1S/C13H11NO3/c1-17-13-10(6-7-12(15)16)8-9-4-2-3-5-11(9)14-13/h2-8H,1H3,(H,15,16)/b7-6+. The Bertz CT molecular complexity index is 590. The summed E-state index contributed by atoms with van der Waals surface area (Å²) in [7, 11) is 1.51. The molecule has 1 aromatic heterocycles. The summed E-state index contributed by atoms with van der Waals surface area (Å²) in [6.07, 6.45) is 2.54. The topological polar surface area (TPSA) is 59.4 Å². The minimum atomic E-state index is -1.000. The molecule has 0 fully saturated rings. The highest BCUT2D eigenvalue weighted by Gasteiger charge is 2.04. The van der Waals surface area contributed by atoms with Crippen LogP contribution in [-0.4, -0.2) is 23.2 Å². The number of carboxylic acids is 1. The Labute approximate surface area is 98.2 Å². The molecule has 1 heterocycles. The van der Waals surface area contributed by atoms with Crippen molar-refractivity contribution in [1.82, 2.24) is 4.98 Å². The fourth-order valence-corrected chi connectivity index (χ4v) is 1.56. The van der Waals surface area contributed by atoms with Crippen LogP contribution < -0.4 is 4.74 Å². The molecule has 0 aliphatic carbocycles. The van der Waals surface area contributed by atoms with Crippen LogP contribution in [0.3, 0.4) is 0 Å². The number of aliphatic carboxylic acids is 1. The molecule has 86 valence electrons. The van der Waals surface area contributed by atoms with Gasteiger partial charge in [0.1, 0.15) is 0 Å². The number of pyridine rings is 1. The number of para-hydroxylation sites is 1. The van der Waals surface area contributed by atoms with Gasteiger partial charge in [-0.1, -0.05) is 18.2 Å². The van der Waals surface area contributed by atoms with Crippen LogP contribution in [0.1, 0.15) is 5.56 Å². The van der Waals surface area contributed by atoms with Crippen molar-refractivity contribution in [1.29, 1.82) is 0 Å². The van der Waals surface area contributed by atoms with Gasteiger partial charge in [0, 0.05) is 17.0 Å². The van der Waals surface area contributed by atoms with E-state index in [0.717, 1.165) is 17.0 Å². The number of nitrogens with zero attached hydrogens (tertiary/aromatic N) is 1. The minimum absolute atomic E-state index is 0.418. The van der Waals surface area contributed by atoms with Crippen molar-refractivity contribution in [3.63, 3.8) is 0 Å². The van der Waals surface area contributed by atoms with Gasteiger partial charge in [-0.25, -0.2) is 9.78 Å². The number of hydrogen-bond acceptors (Lipinski definition) is 3. The molecule has 0 spiro atoms. The molecular weight excluding hydrogens is 218 g/mol. The highest BCUT2D eigenvalue weighted by Crippen LogP contribution is 2.23. The number of aromatic nitrogens is 1. The Morgan fingerprint density at radius 3 is 2.88 bits per heavy atom. The van der Waals surface area contributed by atoms with Crippen molar-refractivity contribution < 1.29 is 14.6 Å². The van der Waals surface area contributed by atoms with E-state index < -0.39 is 5.97 Å². The molecule has 0 atom stereocenters. The van der Waals surface area contributed by atoms with E-state index >= 15 is 0 Å². The smallest absolute Gasteiger partial charge is 0.328 e. The lowest BCUT2D eigenvalue weighted by atomic mass is 10.1. The van der Waals surface area contributed by atoms with Gasteiger partial charge in [0.15, 0.2) is 0 Å². The number of fused-ring (bicyclic) bond motifs is 1. The summed E-state index contributed by atoms with van der Waals surface area (Å²) in [6.45, 7) is 0. The quantitative estimate of drug-likeness (QED) is 0.820. The average molecular weight is 229 g/mol. The first-order chi connectivity index (χ1) is 8.20. The lowest BCUT2D eigenvalue weighted by Gasteiger charge is -2.05. The first kappa shape index (κ1) is 11.1. The van der Waals surface area contributed by atoms with E-state index in [4.69, 9.17) is 9.84 Å². The van der Waals surface area contributed by atoms with E-state index in [0.29, 0.717) is 11.4 Å². The number of rotatable bonds is 3. The van der Waals surface area contributed by atoms with Gasteiger partial charge in [-0.05, 0) is 18.2 Å². The normalized spacial score (nSPS) is 10.9. The number of carboxylic acid groups (broad SMARTS) is 1. The minimum Gasteiger partial charge on any atom is -0.481 e. The maximum absolute atomic E-state index is 10.5. The number of methoxy groups -OCH3 is 1. The van der Waals surface area contributed by atoms with Crippen LogP contribution >= 0.6 is 0 Å². The molecule has 0 aliphatic heterocycles. The molecule has 1 aromatic carbocycles. The molecule has 0 saturated carbocycles. The molecule has 0 amide bonds. The van der Waals surface area contributed by atoms with Crippen LogP contribution in [0.5, 0.6) is 5.88 Å². The molecular formula is C13H11NO3. The summed E-state index contributed by atoms with van der Waals surface area (Å²) in [5, 5.41) is 9.55. The molecule has 0 bridgehead atoms. The molecule has 4 nitrogen and oxygen atoms in total. The molecule has 0 unspecified atom stereocenters. The van der Waals surface area contributed by atoms with Crippen LogP contribution in [0, 0.1) is 0 Å². The average Bonchev–Trinajstić information content (AvgIpc) is 2.35. The maximum atomic E-state index is 10.5. The molecule has 4 heteroatoms. The number of hydrogen-bond donors (Lipinski definition) is 1. The molecule has 2 rings (SSSR count). The molecule has 1 N–H and O–H groups in total. The second-order valence-electron chi connectivity index (χ2n) is 3.45. The van der Waals surface area contributed by atoms with Crippen LogP contribution in [0.25, 0.3) is 17.0 Å². The SMILES string of the molecule is COc1nc2ccccc2cc1/C=C/C(=O)O. The van der Waals surface area contributed by atoms with E-state index in [2.05, 4.69) is 4.98 Å². The third-order valence-electron chi connectivity index (χ3n) is 2.32. The monoisotopic (exact) mass is 229 g/mol. The van der Waals surface area contributed by atoms with Gasteiger partial charge in [-0.3, -0.25) is 0 Å². The lowest BCUT2D eigenvalue weighted by Crippen LogP contribution is -1.93. The van der Waals surface area contributed by atoms with Crippen molar-refractivity contribution in [2.24, 2.45) is 0 Å². The summed E-state index contributed by atoms with van der Waals surface area (Å²) >= 11 is 0. The zero-order valence-electron chi connectivity index (χ0n) is 9.25. The Balaban J connectivity index is 2.56. The van der Waals surface area contributed by atoms with E-state index in [1.807, 2.05) is 30.3 Å². The Kier molecular flexibility index (Phi) is 3.05. The second kappa shape index (κ2) is 4.65. The molecule has 17 heavy (non-hydrogen) atoms. The van der Waals surface area contributed by atoms with Crippen LogP contribution in [0.15, 0.2) is 36.4 Å². The van der Waals surface area contributed by atoms with E-state index in [-0.39, 0.29) is 0 Å². The first-order valence-electron chi connectivity index (χ1n) is 5.05. The van der Waals surface area contributed by atoms with E-state index in [1.54, 1.807) is 0 Å². The van der Waals surface area contributed by atoms with Crippen LogP contribution in [-0.2, 0) is 4.79 Å². The lowest BCUT2D eigenvalue weighted by molar-refractivity contribution is -0.131. The van der Waals surface area contributed by atoms with Crippen LogP contribution in [0.4, 0.5) is 0 Å². The summed E-state index contributed by atoms with van der Waals surface area (Å²) < 4.78 is 5.13. The fourth-order valence-electron chi connectivity index (χ4n) is 1.56. The van der Waals surface area contributed by atoms with Crippen LogP contribution in [0.2, 0.25) is 0 Å². The van der Waals surface area contributed by atoms with E-state index in [1.165, 1.54) is 13.2 Å². The second-order valence-corrected chi connectivity index (χ2v) is 3.45. The largest absolute Gasteiger partial charge is 0.481 e. The third-order valence-corrected chi connectivity index (χ3v) is 2.32. The van der Waals surface area contributed by atoms with Gasteiger partial charge in [-0.2, -0.15) is 0 Å². The Morgan fingerprint density at radius 1 is 1.41 bits per heavy atom. The Morgan fingerprint density at radius 2 is 2.18 bits per heavy atom. The first-order valence-corrected chi connectivity index (χ1v) is 5.05. The zero-order chi connectivity index (χ0) is 12.3. The zero-order valence-corrected chi connectivity index (χ0v) is 9.25. The van der Waals surface area contributed by atoms with Crippen molar-refractivity contribution in [3.8, 4) is 5.88 Å². The van der Waals surface area contributed by atoms with Crippen molar-refractivity contribution in [2.75, 3.05) is 7.11 Å². The summed E-state index contributed by atoms with van der Waals surface area (Å²) in [4.78, 5) is 14.8.